The van der Waals surface area contributed by atoms with Crippen LogP contribution in [-0.2, 0) is 6.54 Å². The smallest absolute Gasteiger partial charge is 0.218 e. The molecule has 0 atom stereocenters. The van der Waals surface area contributed by atoms with Crippen LogP contribution in [0.5, 0.6) is 5.88 Å². The maximum absolute atomic E-state index is 5.93. The van der Waals surface area contributed by atoms with E-state index in [-0.39, 0.29) is 6.10 Å². The second-order valence-corrected chi connectivity index (χ2v) is 5.46. The average Bonchev–Trinajstić information content (AvgIpc) is 2.90. The fourth-order valence-corrected chi connectivity index (χ4v) is 2.37. The fourth-order valence-electron chi connectivity index (χ4n) is 2.37. The average molecular weight is 276 g/mol. The van der Waals surface area contributed by atoms with Crippen molar-refractivity contribution in [1.82, 2.24) is 10.3 Å². The van der Waals surface area contributed by atoms with Crippen molar-refractivity contribution in [2.24, 2.45) is 10.7 Å². The fraction of sp³-hybridized carbons (Fsp3) is 0.600. The van der Waals surface area contributed by atoms with Crippen LogP contribution in [0.2, 0.25) is 0 Å². The van der Waals surface area contributed by atoms with Gasteiger partial charge in [-0.25, -0.2) is 9.98 Å². The molecule has 0 amide bonds. The third-order valence-corrected chi connectivity index (χ3v) is 3.32. The van der Waals surface area contributed by atoms with E-state index in [0.29, 0.717) is 24.4 Å². The molecule has 0 spiro atoms. The van der Waals surface area contributed by atoms with Gasteiger partial charge in [0.1, 0.15) is 0 Å². The summed E-state index contributed by atoms with van der Waals surface area (Å²) in [7, 11) is 0. The van der Waals surface area contributed by atoms with E-state index in [9.17, 15) is 0 Å². The summed E-state index contributed by atoms with van der Waals surface area (Å²) in [5.74, 6) is 1.15. The van der Waals surface area contributed by atoms with Crippen molar-refractivity contribution < 1.29 is 4.74 Å². The van der Waals surface area contributed by atoms with Gasteiger partial charge < -0.3 is 15.8 Å². The maximum Gasteiger partial charge on any atom is 0.218 e. The zero-order valence-electron chi connectivity index (χ0n) is 12.3. The number of ether oxygens (including phenoxy) is 1. The van der Waals surface area contributed by atoms with E-state index in [1.54, 1.807) is 6.20 Å². The molecule has 110 valence electrons. The first kappa shape index (κ1) is 14.6. The molecule has 1 saturated carbocycles. The molecule has 20 heavy (non-hydrogen) atoms. The van der Waals surface area contributed by atoms with Crippen molar-refractivity contribution in [3.63, 3.8) is 0 Å². The summed E-state index contributed by atoms with van der Waals surface area (Å²) >= 11 is 0. The lowest BCUT2D eigenvalue weighted by Gasteiger charge is -2.13. The van der Waals surface area contributed by atoms with E-state index < -0.39 is 0 Å². The summed E-state index contributed by atoms with van der Waals surface area (Å²) in [5.41, 5.74) is 6.89. The van der Waals surface area contributed by atoms with E-state index in [1.165, 1.54) is 25.7 Å². The molecule has 0 radical (unpaired) electrons. The normalized spacial score (nSPS) is 16.6. The molecule has 1 aliphatic rings. The molecule has 1 heterocycles. The highest BCUT2D eigenvalue weighted by molar-refractivity contribution is 5.78. The van der Waals surface area contributed by atoms with Gasteiger partial charge in [-0.15, -0.1) is 0 Å². The molecule has 0 bridgehead atoms. The minimum absolute atomic E-state index is 0.0987. The molecule has 0 unspecified atom stereocenters. The zero-order chi connectivity index (χ0) is 14.4. The number of rotatable bonds is 5. The lowest BCUT2D eigenvalue weighted by atomic mass is 10.2. The van der Waals surface area contributed by atoms with Crippen LogP contribution < -0.4 is 15.8 Å². The summed E-state index contributed by atoms with van der Waals surface area (Å²) in [6.07, 6.45) is 6.75. The molecule has 1 aromatic heterocycles. The zero-order valence-corrected chi connectivity index (χ0v) is 12.3. The van der Waals surface area contributed by atoms with E-state index in [0.717, 1.165) is 5.56 Å². The van der Waals surface area contributed by atoms with Gasteiger partial charge in [0.05, 0.1) is 12.6 Å². The van der Waals surface area contributed by atoms with Crippen molar-refractivity contribution in [3.8, 4) is 5.88 Å². The molecule has 0 aliphatic heterocycles. The van der Waals surface area contributed by atoms with Gasteiger partial charge in [-0.3, -0.25) is 0 Å². The van der Waals surface area contributed by atoms with Crippen molar-refractivity contribution in [1.29, 1.82) is 0 Å². The van der Waals surface area contributed by atoms with E-state index in [1.807, 2.05) is 26.0 Å². The quantitative estimate of drug-likeness (QED) is 0.639. The summed E-state index contributed by atoms with van der Waals surface area (Å²) in [5, 5.41) is 3.28. The Morgan fingerprint density at radius 2 is 2.25 bits per heavy atom. The Kier molecular flexibility index (Phi) is 5.21. The molecule has 3 N–H and O–H groups in total. The van der Waals surface area contributed by atoms with Crippen molar-refractivity contribution in [2.75, 3.05) is 0 Å². The number of hydrogen-bond donors (Lipinski definition) is 2. The third-order valence-electron chi connectivity index (χ3n) is 3.32. The number of nitrogens with two attached hydrogens (primary N) is 1. The molecule has 2 rings (SSSR count). The van der Waals surface area contributed by atoms with Crippen LogP contribution in [0, 0.1) is 0 Å². The summed E-state index contributed by atoms with van der Waals surface area (Å²) < 4.78 is 5.67. The summed E-state index contributed by atoms with van der Waals surface area (Å²) in [4.78, 5) is 8.64. The molecule has 0 saturated heterocycles. The summed E-state index contributed by atoms with van der Waals surface area (Å²) in [6.45, 7) is 4.46. The van der Waals surface area contributed by atoms with E-state index in [4.69, 9.17) is 10.5 Å². The van der Waals surface area contributed by atoms with Gasteiger partial charge in [-0.05, 0) is 32.8 Å². The highest BCUT2D eigenvalue weighted by Gasteiger charge is 2.15. The Morgan fingerprint density at radius 1 is 1.50 bits per heavy atom. The largest absolute Gasteiger partial charge is 0.475 e. The van der Waals surface area contributed by atoms with E-state index in [2.05, 4.69) is 15.3 Å². The van der Waals surface area contributed by atoms with Crippen molar-refractivity contribution in [2.45, 2.75) is 58.2 Å². The Morgan fingerprint density at radius 3 is 2.95 bits per heavy atom. The number of pyridine rings is 1. The number of aromatic nitrogens is 1. The molecular weight excluding hydrogens is 252 g/mol. The van der Waals surface area contributed by atoms with Crippen LogP contribution in [0.25, 0.3) is 0 Å². The first-order chi connectivity index (χ1) is 9.65. The highest BCUT2D eigenvalue weighted by atomic mass is 16.5. The topological polar surface area (TPSA) is 72.5 Å². The predicted octanol–water partition coefficient (Wildman–Crippen LogP) is 2.22. The number of nitrogens with one attached hydrogen (secondary N) is 1. The molecule has 5 heteroatoms. The molecular formula is C15H24N4O. The van der Waals surface area contributed by atoms with Crippen LogP contribution in [0.1, 0.15) is 45.1 Å². The van der Waals surface area contributed by atoms with Gasteiger partial charge in [0.25, 0.3) is 0 Å². The lowest BCUT2D eigenvalue weighted by Crippen LogP contribution is -2.38. The Bertz CT molecular complexity index is 453. The Labute approximate surface area is 120 Å². The molecule has 5 nitrogen and oxygen atoms in total. The van der Waals surface area contributed by atoms with Crippen molar-refractivity contribution in [3.05, 3.63) is 23.9 Å². The van der Waals surface area contributed by atoms with Gasteiger partial charge in [0, 0.05) is 17.8 Å². The monoisotopic (exact) mass is 276 g/mol. The van der Waals surface area contributed by atoms with Crippen LogP contribution in [0.15, 0.2) is 23.3 Å². The highest BCUT2D eigenvalue weighted by Crippen LogP contribution is 2.18. The van der Waals surface area contributed by atoms with E-state index >= 15 is 0 Å². The second kappa shape index (κ2) is 7.12. The van der Waals surface area contributed by atoms with Crippen LogP contribution in [0.4, 0.5) is 0 Å². The Hall–Kier alpha value is -1.78. The van der Waals surface area contributed by atoms with Gasteiger partial charge in [-0.2, -0.15) is 0 Å². The van der Waals surface area contributed by atoms with Crippen LogP contribution in [0.3, 0.4) is 0 Å². The number of guanidine groups is 1. The number of nitrogens with zero attached hydrogens (tertiary/aromatic N) is 2. The number of aliphatic imine (C=N–C) groups is 1. The van der Waals surface area contributed by atoms with Crippen LogP contribution >= 0.6 is 0 Å². The molecule has 1 aliphatic carbocycles. The lowest BCUT2D eigenvalue weighted by molar-refractivity contribution is 0.230. The SMILES string of the molecule is CC(C)Oc1ncccc1CN=C(N)NC1CCCC1. The third kappa shape index (κ3) is 4.40. The second-order valence-electron chi connectivity index (χ2n) is 5.46. The predicted molar refractivity (Wildman–Crippen MR) is 80.7 cm³/mol. The minimum Gasteiger partial charge on any atom is -0.475 e. The van der Waals surface area contributed by atoms with Crippen molar-refractivity contribution >= 4 is 5.96 Å². The van der Waals surface area contributed by atoms with Gasteiger partial charge in [0.2, 0.25) is 5.88 Å². The molecule has 1 fully saturated rings. The first-order valence-electron chi connectivity index (χ1n) is 7.32. The standard InChI is InChI=1S/C15H24N4O/c1-11(2)20-14-12(6-5-9-17-14)10-18-15(16)19-13-7-3-4-8-13/h5-6,9,11,13H,3-4,7-8,10H2,1-2H3,(H3,16,18,19). The Balaban J connectivity index is 1.94. The van der Waals surface area contributed by atoms with Crippen LogP contribution in [-0.4, -0.2) is 23.1 Å². The van der Waals surface area contributed by atoms with Gasteiger partial charge in [-0.1, -0.05) is 18.9 Å². The van der Waals surface area contributed by atoms with Gasteiger partial charge in [0.15, 0.2) is 5.96 Å². The first-order valence-corrected chi connectivity index (χ1v) is 7.32. The van der Waals surface area contributed by atoms with Gasteiger partial charge >= 0.3 is 0 Å². The molecule has 1 aromatic rings. The number of hydrogen-bond acceptors (Lipinski definition) is 3. The molecule has 0 aromatic carbocycles. The summed E-state index contributed by atoms with van der Waals surface area (Å²) in [6, 6.07) is 4.34. The minimum atomic E-state index is 0.0987. The maximum atomic E-state index is 5.93.